The van der Waals surface area contributed by atoms with E-state index in [9.17, 15) is 0 Å². The molecule has 0 aromatic heterocycles. The Morgan fingerprint density at radius 1 is 0.923 bits per heavy atom. The molecule has 76 valence electrons. The summed E-state index contributed by atoms with van der Waals surface area (Å²) in [6.07, 6.45) is 15.5. The fraction of sp³-hybridized carbons (Fsp3) is 0.667. The SMILES string of the molecule is CCCCCC/C=C/C=C/CCO. The van der Waals surface area contributed by atoms with Crippen molar-refractivity contribution in [1.29, 1.82) is 0 Å². The van der Waals surface area contributed by atoms with E-state index in [4.69, 9.17) is 5.11 Å². The third-order valence-corrected chi connectivity index (χ3v) is 1.90. The lowest BCUT2D eigenvalue weighted by Gasteiger charge is -1.92. The van der Waals surface area contributed by atoms with Crippen molar-refractivity contribution in [3.05, 3.63) is 24.3 Å². The van der Waals surface area contributed by atoms with E-state index in [1.54, 1.807) is 0 Å². The van der Waals surface area contributed by atoms with Gasteiger partial charge >= 0.3 is 0 Å². The highest BCUT2D eigenvalue weighted by molar-refractivity contribution is 5.02. The summed E-state index contributed by atoms with van der Waals surface area (Å²) in [6.45, 7) is 2.48. The summed E-state index contributed by atoms with van der Waals surface area (Å²) < 4.78 is 0. The van der Waals surface area contributed by atoms with E-state index < -0.39 is 0 Å². The zero-order valence-corrected chi connectivity index (χ0v) is 8.71. The normalized spacial score (nSPS) is 11.8. The monoisotopic (exact) mass is 182 g/mol. The van der Waals surface area contributed by atoms with Gasteiger partial charge < -0.3 is 5.11 Å². The first kappa shape index (κ1) is 12.4. The van der Waals surface area contributed by atoms with Gasteiger partial charge in [-0.1, -0.05) is 50.5 Å². The van der Waals surface area contributed by atoms with Crippen LogP contribution in [0.5, 0.6) is 0 Å². The maximum atomic E-state index is 8.49. The van der Waals surface area contributed by atoms with Crippen LogP contribution >= 0.6 is 0 Å². The van der Waals surface area contributed by atoms with Crippen LogP contribution in [0.25, 0.3) is 0 Å². The highest BCUT2D eigenvalue weighted by Crippen LogP contribution is 2.02. The van der Waals surface area contributed by atoms with Crippen LogP contribution in [0.2, 0.25) is 0 Å². The molecule has 0 saturated heterocycles. The minimum Gasteiger partial charge on any atom is -0.396 e. The van der Waals surface area contributed by atoms with Crippen LogP contribution in [-0.2, 0) is 0 Å². The number of hydrogen-bond acceptors (Lipinski definition) is 1. The summed E-state index contributed by atoms with van der Waals surface area (Å²) in [5.41, 5.74) is 0. The highest BCUT2D eigenvalue weighted by atomic mass is 16.2. The lowest BCUT2D eigenvalue weighted by molar-refractivity contribution is 0.302. The molecule has 0 rings (SSSR count). The molecule has 0 aromatic carbocycles. The van der Waals surface area contributed by atoms with E-state index in [1.165, 1.54) is 32.1 Å². The second-order valence-corrected chi connectivity index (χ2v) is 3.22. The molecule has 0 saturated carbocycles. The van der Waals surface area contributed by atoms with Crippen molar-refractivity contribution >= 4 is 0 Å². The number of unbranched alkanes of at least 4 members (excludes halogenated alkanes) is 4. The Balaban J connectivity index is 3.12. The molecule has 0 aliphatic heterocycles. The van der Waals surface area contributed by atoms with E-state index >= 15 is 0 Å². The minimum atomic E-state index is 0.251. The molecule has 0 bridgehead atoms. The van der Waals surface area contributed by atoms with Crippen molar-refractivity contribution in [3.63, 3.8) is 0 Å². The van der Waals surface area contributed by atoms with E-state index in [0.717, 1.165) is 6.42 Å². The predicted molar refractivity (Wildman–Crippen MR) is 58.7 cm³/mol. The molecule has 0 aromatic rings. The summed E-state index contributed by atoms with van der Waals surface area (Å²) >= 11 is 0. The lowest BCUT2D eigenvalue weighted by atomic mass is 10.1. The second kappa shape index (κ2) is 11.4. The number of rotatable bonds is 8. The lowest BCUT2D eigenvalue weighted by Crippen LogP contribution is -1.74. The van der Waals surface area contributed by atoms with Gasteiger partial charge in [-0.3, -0.25) is 0 Å². The van der Waals surface area contributed by atoms with Crippen molar-refractivity contribution in [3.8, 4) is 0 Å². The van der Waals surface area contributed by atoms with Gasteiger partial charge in [-0.05, 0) is 19.3 Å². The van der Waals surface area contributed by atoms with Gasteiger partial charge in [0, 0.05) is 6.61 Å². The molecular formula is C12H22O. The standard InChI is InChI=1S/C12H22O/c1-2-3-4-5-6-7-8-9-10-11-12-13/h7-10,13H,2-6,11-12H2,1H3/b8-7+,10-9+. The number of allylic oxidation sites excluding steroid dienone is 3. The molecule has 0 radical (unpaired) electrons. The summed E-state index contributed by atoms with van der Waals surface area (Å²) in [5.74, 6) is 0. The van der Waals surface area contributed by atoms with Crippen molar-refractivity contribution in [2.75, 3.05) is 6.61 Å². The van der Waals surface area contributed by atoms with Crippen LogP contribution in [0.15, 0.2) is 24.3 Å². The third-order valence-electron chi connectivity index (χ3n) is 1.90. The molecule has 0 heterocycles. The molecule has 0 spiro atoms. The Morgan fingerprint density at radius 3 is 2.23 bits per heavy atom. The summed E-state index contributed by atoms with van der Waals surface area (Å²) in [7, 11) is 0. The number of hydrogen-bond donors (Lipinski definition) is 1. The topological polar surface area (TPSA) is 20.2 Å². The number of aliphatic hydroxyl groups is 1. The van der Waals surface area contributed by atoms with E-state index in [-0.39, 0.29) is 6.61 Å². The van der Waals surface area contributed by atoms with E-state index in [2.05, 4.69) is 19.1 Å². The Bertz CT molecular complexity index is 136. The minimum absolute atomic E-state index is 0.251. The first-order chi connectivity index (χ1) is 6.41. The van der Waals surface area contributed by atoms with Crippen molar-refractivity contribution in [1.82, 2.24) is 0 Å². The van der Waals surface area contributed by atoms with Crippen molar-refractivity contribution < 1.29 is 5.11 Å². The Morgan fingerprint density at radius 2 is 1.62 bits per heavy atom. The summed E-state index contributed by atoms with van der Waals surface area (Å²) in [5, 5.41) is 8.49. The van der Waals surface area contributed by atoms with Gasteiger partial charge in [0.1, 0.15) is 0 Å². The molecular weight excluding hydrogens is 160 g/mol. The van der Waals surface area contributed by atoms with E-state index in [1.807, 2.05) is 12.2 Å². The fourth-order valence-corrected chi connectivity index (χ4v) is 1.11. The van der Waals surface area contributed by atoms with Crippen LogP contribution in [0.1, 0.15) is 45.4 Å². The predicted octanol–water partition coefficient (Wildman–Crippen LogP) is 3.45. The van der Waals surface area contributed by atoms with Crippen LogP contribution in [0.4, 0.5) is 0 Å². The molecule has 1 N–H and O–H groups in total. The molecule has 0 amide bonds. The van der Waals surface area contributed by atoms with Gasteiger partial charge in [0.2, 0.25) is 0 Å². The Kier molecular flexibility index (Phi) is 10.9. The van der Waals surface area contributed by atoms with Crippen LogP contribution in [0.3, 0.4) is 0 Å². The molecule has 0 unspecified atom stereocenters. The molecule has 13 heavy (non-hydrogen) atoms. The largest absolute Gasteiger partial charge is 0.396 e. The van der Waals surface area contributed by atoms with Gasteiger partial charge in [0.05, 0.1) is 0 Å². The molecule has 0 atom stereocenters. The van der Waals surface area contributed by atoms with Crippen molar-refractivity contribution in [2.24, 2.45) is 0 Å². The average Bonchev–Trinajstić information content (AvgIpc) is 2.16. The second-order valence-electron chi connectivity index (χ2n) is 3.22. The zero-order chi connectivity index (χ0) is 9.78. The molecule has 1 nitrogen and oxygen atoms in total. The molecule has 0 fully saturated rings. The highest BCUT2D eigenvalue weighted by Gasteiger charge is 1.82. The quantitative estimate of drug-likeness (QED) is 0.450. The van der Waals surface area contributed by atoms with Gasteiger partial charge in [-0.25, -0.2) is 0 Å². The van der Waals surface area contributed by atoms with Gasteiger partial charge in [-0.2, -0.15) is 0 Å². The van der Waals surface area contributed by atoms with Crippen LogP contribution in [-0.4, -0.2) is 11.7 Å². The Labute approximate surface area is 82.2 Å². The van der Waals surface area contributed by atoms with Crippen LogP contribution in [0, 0.1) is 0 Å². The molecule has 0 aliphatic carbocycles. The van der Waals surface area contributed by atoms with Gasteiger partial charge in [0.15, 0.2) is 0 Å². The Hall–Kier alpha value is -0.560. The zero-order valence-electron chi connectivity index (χ0n) is 8.71. The summed E-state index contributed by atoms with van der Waals surface area (Å²) in [4.78, 5) is 0. The third kappa shape index (κ3) is 11.4. The first-order valence-corrected chi connectivity index (χ1v) is 5.34. The molecule has 1 heteroatoms. The van der Waals surface area contributed by atoms with Crippen LogP contribution < -0.4 is 0 Å². The first-order valence-electron chi connectivity index (χ1n) is 5.34. The van der Waals surface area contributed by atoms with Crippen molar-refractivity contribution in [2.45, 2.75) is 45.4 Å². The summed E-state index contributed by atoms with van der Waals surface area (Å²) in [6, 6.07) is 0. The van der Waals surface area contributed by atoms with E-state index in [0.29, 0.717) is 0 Å². The van der Waals surface area contributed by atoms with Gasteiger partial charge in [0.25, 0.3) is 0 Å². The molecule has 0 aliphatic rings. The average molecular weight is 182 g/mol. The van der Waals surface area contributed by atoms with Gasteiger partial charge in [-0.15, -0.1) is 0 Å². The smallest absolute Gasteiger partial charge is 0.0465 e. The fourth-order valence-electron chi connectivity index (χ4n) is 1.11. The number of aliphatic hydroxyl groups excluding tert-OH is 1. The maximum absolute atomic E-state index is 8.49. The maximum Gasteiger partial charge on any atom is 0.0465 e.